The van der Waals surface area contributed by atoms with Crippen LogP contribution in [0.25, 0.3) is 0 Å². The summed E-state index contributed by atoms with van der Waals surface area (Å²) >= 11 is 0. The third-order valence-corrected chi connectivity index (χ3v) is 3.70. The second-order valence-corrected chi connectivity index (χ2v) is 5.89. The summed E-state index contributed by atoms with van der Waals surface area (Å²) in [6.07, 6.45) is 0. The Bertz CT molecular complexity index is 555. The summed E-state index contributed by atoms with van der Waals surface area (Å²) in [6.45, 7) is 7.39. The van der Waals surface area contributed by atoms with Crippen LogP contribution in [0, 0.1) is 5.41 Å². The van der Waals surface area contributed by atoms with E-state index in [1.54, 1.807) is 0 Å². The molecule has 5 heteroatoms. The maximum Gasteiger partial charge on any atom is 0.199 e. The normalized spacial score (nSPS) is 24.5. The molecular formula is C16H22N2O2S. The first-order valence-corrected chi connectivity index (χ1v) is 7.04. The molecule has 2 aliphatic rings. The summed E-state index contributed by atoms with van der Waals surface area (Å²) in [7, 11) is 0. The lowest BCUT2D eigenvalue weighted by molar-refractivity contribution is 0.266. The molecule has 0 spiro atoms. The lowest BCUT2D eigenvalue weighted by Crippen LogP contribution is -2.34. The number of benzene rings is 1. The van der Waals surface area contributed by atoms with Gasteiger partial charge in [-0.1, -0.05) is 30.3 Å². The summed E-state index contributed by atoms with van der Waals surface area (Å²) < 4.78 is 11.5. The maximum absolute atomic E-state index is 5.82. The Balaban J connectivity index is 0.00000161. The van der Waals surface area contributed by atoms with E-state index in [4.69, 9.17) is 14.5 Å². The van der Waals surface area contributed by atoms with E-state index in [9.17, 15) is 0 Å². The van der Waals surface area contributed by atoms with Crippen molar-refractivity contribution in [3.05, 3.63) is 35.9 Å². The molecular weight excluding hydrogens is 284 g/mol. The zero-order valence-corrected chi connectivity index (χ0v) is 13.7. The largest absolute Gasteiger partial charge is 0.478 e. The highest BCUT2D eigenvalue weighted by Crippen LogP contribution is 2.32. The Morgan fingerprint density at radius 3 is 2.24 bits per heavy atom. The van der Waals surface area contributed by atoms with Gasteiger partial charge in [-0.2, -0.15) is 13.5 Å². The van der Waals surface area contributed by atoms with Crippen LogP contribution < -0.4 is 0 Å². The van der Waals surface area contributed by atoms with Crippen LogP contribution in [0.3, 0.4) is 0 Å². The van der Waals surface area contributed by atoms with Crippen LogP contribution >= 0.6 is 13.5 Å². The molecule has 114 valence electrons. The predicted molar refractivity (Wildman–Crippen MR) is 89.6 cm³/mol. The third kappa shape index (κ3) is 3.07. The summed E-state index contributed by atoms with van der Waals surface area (Å²) in [6, 6.07) is 10.5. The fourth-order valence-electron chi connectivity index (χ4n) is 2.47. The van der Waals surface area contributed by atoms with Gasteiger partial charge in [0.15, 0.2) is 11.8 Å². The second-order valence-electron chi connectivity index (χ2n) is 5.89. The Hall–Kier alpha value is -1.49. The van der Waals surface area contributed by atoms with Gasteiger partial charge in [-0.15, -0.1) is 0 Å². The van der Waals surface area contributed by atoms with E-state index >= 15 is 0 Å². The molecule has 3 rings (SSSR count). The van der Waals surface area contributed by atoms with Crippen molar-refractivity contribution in [2.24, 2.45) is 15.4 Å². The molecule has 2 heterocycles. The number of rotatable bonds is 3. The summed E-state index contributed by atoms with van der Waals surface area (Å²) in [5.41, 5.74) is 0.787. The fourth-order valence-corrected chi connectivity index (χ4v) is 2.47. The van der Waals surface area contributed by atoms with Crippen molar-refractivity contribution in [2.45, 2.75) is 32.9 Å². The lowest BCUT2D eigenvalue weighted by Gasteiger charge is -2.22. The van der Waals surface area contributed by atoms with Gasteiger partial charge < -0.3 is 9.47 Å². The average Bonchev–Trinajstić information content (AvgIpc) is 3.09. The summed E-state index contributed by atoms with van der Waals surface area (Å²) in [5.74, 6) is 1.46. The number of nitrogens with zero attached hydrogens (tertiary/aromatic N) is 2. The highest BCUT2D eigenvalue weighted by molar-refractivity contribution is 7.59. The Kier molecular flexibility index (Phi) is 4.61. The summed E-state index contributed by atoms with van der Waals surface area (Å²) in [4.78, 5) is 9.27. The van der Waals surface area contributed by atoms with Gasteiger partial charge in [-0.3, -0.25) is 0 Å². The molecule has 0 aliphatic carbocycles. The number of aliphatic imine (C=N–C) groups is 2. The smallest absolute Gasteiger partial charge is 0.199 e. The molecule has 1 aromatic rings. The fraction of sp³-hybridized carbons (Fsp3) is 0.500. The molecule has 2 atom stereocenters. The molecule has 0 fully saturated rings. The van der Waals surface area contributed by atoms with E-state index < -0.39 is 5.41 Å². The van der Waals surface area contributed by atoms with Gasteiger partial charge in [0, 0.05) is 0 Å². The van der Waals surface area contributed by atoms with Crippen LogP contribution in [0.1, 0.15) is 32.4 Å². The van der Waals surface area contributed by atoms with Crippen LogP contribution in [0.2, 0.25) is 0 Å². The van der Waals surface area contributed by atoms with Gasteiger partial charge in [0.1, 0.15) is 24.7 Å². The van der Waals surface area contributed by atoms with Crippen LogP contribution in [-0.2, 0) is 9.47 Å². The van der Waals surface area contributed by atoms with Gasteiger partial charge in [0.25, 0.3) is 0 Å². The molecule has 0 amide bonds. The topological polar surface area (TPSA) is 43.2 Å². The van der Waals surface area contributed by atoms with Crippen molar-refractivity contribution >= 4 is 25.3 Å². The molecule has 1 aromatic carbocycles. The first-order valence-electron chi connectivity index (χ1n) is 7.04. The van der Waals surface area contributed by atoms with Gasteiger partial charge in [-0.25, -0.2) is 9.98 Å². The molecule has 0 aromatic heterocycles. The minimum atomic E-state index is -0.395. The van der Waals surface area contributed by atoms with E-state index in [1.807, 2.05) is 25.1 Å². The Labute approximate surface area is 132 Å². The van der Waals surface area contributed by atoms with Gasteiger partial charge in [0.2, 0.25) is 0 Å². The van der Waals surface area contributed by atoms with Crippen molar-refractivity contribution in [1.82, 2.24) is 0 Å². The van der Waals surface area contributed by atoms with Crippen molar-refractivity contribution in [3.63, 3.8) is 0 Å². The first kappa shape index (κ1) is 15.9. The van der Waals surface area contributed by atoms with Crippen LogP contribution in [0.4, 0.5) is 0 Å². The minimum absolute atomic E-state index is 0. The van der Waals surface area contributed by atoms with E-state index in [0.717, 1.165) is 11.8 Å². The maximum atomic E-state index is 5.82. The quantitative estimate of drug-likeness (QED) is 0.861. The molecule has 4 nitrogen and oxygen atoms in total. The van der Waals surface area contributed by atoms with Crippen LogP contribution in [0.15, 0.2) is 40.3 Å². The SMILES string of the molecule is C[C@H]1COC(C(C)(C)C2=N[C@@H](c3ccccc3)CO2)=N1.S. The second kappa shape index (κ2) is 6.10. The number of hydrogen-bond donors (Lipinski definition) is 0. The lowest BCUT2D eigenvalue weighted by atomic mass is 9.93. The van der Waals surface area contributed by atoms with E-state index in [1.165, 1.54) is 5.56 Å². The highest BCUT2D eigenvalue weighted by Gasteiger charge is 2.40. The van der Waals surface area contributed by atoms with Crippen molar-refractivity contribution in [1.29, 1.82) is 0 Å². The molecule has 0 bridgehead atoms. The van der Waals surface area contributed by atoms with E-state index in [0.29, 0.717) is 13.2 Å². The predicted octanol–water partition coefficient (Wildman–Crippen LogP) is 3.11. The molecule has 0 N–H and O–H groups in total. The minimum Gasteiger partial charge on any atom is -0.478 e. The van der Waals surface area contributed by atoms with Gasteiger partial charge in [-0.05, 0) is 26.3 Å². The van der Waals surface area contributed by atoms with E-state index in [2.05, 4.69) is 31.0 Å². The molecule has 0 unspecified atom stereocenters. The Morgan fingerprint density at radius 2 is 1.62 bits per heavy atom. The van der Waals surface area contributed by atoms with Crippen LogP contribution in [-0.4, -0.2) is 31.1 Å². The monoisotopic (exact) mass is 306 g/mol. The van der Waals surface area contributed by atoms with E-state index in [-0.39, 0.29) is 25.6 Å². The standard InChI is InChI=1S/C16H20N2O2.H2S/c1-11-9-19-14(17-11)16(2,3)15-18-13(10-20-15)12-7-5-4-6-8-12;/h4-8,11,13H,9-10H2,1-3H3;1H2/t11-,13+;/m0./s1. The molecule has 0 saturated carbocycles. The molecule has 0 saturated heterocycles. The number of ether oxygens (including phenoxy) is 2. The number of hydrogen-bond acceptors (Lipinski definition) is 4. The highest BCUT2D eigenvalue weighted by atomic mass is 32.1. The first-order chi connectivity index (χ1) is 9.57. The third-order valence-electron chi connectivity index (χ3n) is 3.70. The van der Waals surface area contributed by atoms with Gasteiger partial charge >= 0.3 is 0 Å². The van der Waals surface area contributed by atoms with Crippen LogP contribution in [0.5, 0.6) is 0 Å². The zero-order valence-electron chi connectivity index (χ0n) is 12.7. The molecule has 21 heavy (non-hydrogen) atoms. The average molecular weight is 306 g/mol. The summed E-state index contributed by atoms with van der Waals surface area (Å²) in [5, 5.41) is 0. The van der Waals surface area contributed by atoms with Crippen molar-refractivity contribution < 1.29 is 9.47 Å². The van der Waals surface area contributed by atoms with Crippen molar-refractivity contribution in [2.75, 3.05) is 13.2 Å². The molecule has 0 radical (unpaired) electrons. The van der Waals surface area contributed by atoms with Crippen molar-refractivity contribution in [3.8, 4) is 0 Å². The molecule has 2 aliphatic heterocycles. The Morgan fingerprint density at radius 1 is 1.00 bits per heavy atom. The zero-order chi connectivity index (χ0) is 14.2. The van der Waals surface area contributed by atoms with Gasteiger partial charge in [0.05, 0.1) is 6.04 Å².